The molecule has 0 saturated heterocycles. The lowest BCUT2D eigenvalue weighted by atomic mass is 9.89. The quantitative estimate of drug-likeness (QED) is 0.737. The van der Waals surface area contributed by atoms with Crippen LogP contribution in [0, 0.1) is 0 Å². The molecule has 1 atom stereocenters. The lowest BCUT2D eigenvalue weighted by Crippen LogP contribution is -2.35. The summed E-state index contributed by atoms with van der Waals surface area (Å²) in [5, 5.41) is 5.77. The Balaban J connectivity index is 1.61. The van der Waals surface area contributed by atoms with Crippen LogP contribution in [0.1, 0.15) is 29.9 Å². The molecule has 2 aromatic carbocycles. The van der Waals surface area contributed by atoms with Crippen molar-refractivity contribution in [1.82, 2.24) is 5.32 Å². The van der Waals surface area contributed by atoms with Crippen molar-refractivity contribution in [3.05, 3.63) is 53.6 Å². The number of para-hydroxylation sites is 1. The van der Waals surface area contributed by atoms with E-state index >= 15 is 0 Å². The smallest absolute Gasteiger partial charge is 0.228 e. The number of aryl methyl sites for hydroxylation is 1. The molecule has 6 nitrogen and oxygen atoms in total. The van der Waals surface area contributed by atoms with Crippen LogP contribution >= 0.6 is 0 Å². The Morgan fingerprint density at radius 2 is 2.00 bits per heavy atom. The summed E-state index contributed by atoms with van der Waals surface area (Å²) in [6.45, 7) is 0.536. The number of hydrogen-bond donors (Lipinski definition) is 2. The number of ether oxygens (including phenoxy) is 2. The number of carbonyl (C=O) groups excluding carboxylic acids is 2. The van der Waals surface area contributed by atoms with Crippen molar-refractivity contribution in [2.75, 3.05) is 26.1 Å². The van der Waals surface area contributed by atoms with Crippen LogP contribution in [-0.4, -0.2) is 32.6 Å². The van der Waals surface area contributed by atoms with E-state index in [1.165, 1.54) is 0 Å². The van der Waals surface area contributed by atoms with Gasteiger partial charge in [-0.2, -0.15) is 0 Å². The number of hydrogen-bond acceptors (Lipinski definition) is 4. The highest BCUT2D eigenvalue weighted by atomic mass is 16.5. The molecule has 1 aliphatic rings. The fourth-order valence-electron chi connectivity index (χ4n) is 3.32. The van der Waals surface area contributed by atoms with Gasteiger partial charge in [0.05, 0.1) is 20.1 Å². The van der Waals surface area contributed by atoms with Gasteiger partial charge in [0, 0.05) is 18.7 Å². The summed E-state index contributed by atoms with van der Waals surface area (Å²) in [5.74, 6) is 0.726. The zero-order valence-electron chi connectivity index (χ0n) is 15.6. The topological polar surface area (TPSA) is 76.7 Å². The first kappa shape index (κ1) is 18.8. The van der Waals surface area contributed by atoms with Crippen molar-refractivity contribution in [3.8, 4) is 11.5 Å². The molecule has 142 valence electrons. The molecule has 27 heavy (non-hydrogen) atoms. The minimum Gasteiger partial charge on any atom is -0.497 e. The number of carbonyl (C=O) groups is 2. The summed E-state index contributed by atoms with van der Waals surface area (Å²) in [5.41, 5.74) is 2.57. The van der Waals surface area contributed by atoms with Gasteiger partial charge in [-0.25, -0.2) is 0 Å². The minimum atomic E-state index is -0.505. The molecule has 0 bridgehead atoms. The van der Waals surface area contributed by atoms with E-state index < -0.39 is 5.92 Å². The molecule has 0 aromatic heterocycles. The molecule has 1 unspecified atom stereocenters. The number of rotatable bonds is 7. The number of benzene rings is 2. The Kier molecular flexibility index (Phi) is 5.96. The first-order valence-electron chi connectivity index (χ1n) is 8.99. The van der Waals surface area contributed by atoms with Crippen LogP contribution < -0.4 is 20.1 Å². The molecule has 0 radical (unpaired) electrons. The van der Waals surface area contributed by atoms with Crippen molar-refractivity contribution >= 4 is 17.5 Å². The van der Waals surface area contributed by atoms with Crippen LogP contribution in [0.4, 0.5) is 5.69 Å². The van der Waals surface area contributed by atoms with Crippen LogP contribution in [0.25, 0.3) is 0 Å². The van der Waals surface area contributed by atoms with E-state index in [0.29, 0.717) is 18.0 Å². The van der Waals surface area contributed by atoms with Gasteiger partial charge in [0.25, 0.3) is 0 Å². The second-order valence-electron chi connectivity index (χ2n) is 6.46. The maximum atomic E-state index is 12.7. The third-order valence-electron chi connectivity index (χ3n) is 4.73. The summed E-state index contributed by atoms with van der Waals surface area (Å²) < 4.78 is 10.6. The van der Waals surface area contributed by atoms with Crippen molar-refractivity contribution < 1.29 is 19.1 Å². The molecule has 2 N–H and O–H groups in total. The van der Waals surface area contributed by atoms with Crippen LogP contribution in [0.3, 0.4) is 0 Å². The fourth-order valence-corrected chi connectivity index (χ4v) is 3.32. The highest BCUT2D eigenvalue weighted by Gasteiger charge is 2.30. The Bertz CT molecular complexity index is 835. The molecular weight excluding hydrogens is 344 g/mol. The van der Waals surface area contributed by atoms with Gasteiger partial charge in [0.2, 0.25) is 11.8 Å². The maximum Gasteiger partial charge on any atom is 0.228 e. The van der Waals surface area contributed by atoms with Crippen molar-refractivity contribution in [2.45, 2.75) is 25.2 Å². The number of amides is 2. The van der Waals surface area contributed by atoms with Gasteiger partial charge < -0.3 is 20.1 Å². The van der Waals surface area contributed by atoms with Crippen LogP contribution in [-0.2, 0) is 16.0 Å². The van der Waals surface area contributed by atoms with Gasteiger partial charge in [0.15, 0.2) is 0 Å². The minimum absolute atomic E-state index is 0.137. The molecule has 0 fully saturated rings. The lowest BCUT2D eigenvalue weighted by Gasteiger charge is -2.25. The van der Waals surface area contributed by atoms with E-state index in [9.17, 15) is 9.59 Å². The summed E-state index contributed by atoms with van der Waals surface area (Å²) in [4.78, 5) is 24.6. The second kappa shape index (κ2) is 8.58. The standard InChI is InChI=1S/C21H24N2O4/c1-26-15-9-10-18-16(12-15)17(13-20(24)23-18)21(25)22-11-5-7-14-6-3-4-8-19(14)27-2/h3-4,6,8-10,12,17H,5,7,11,13H2,1-2H3,(H,22,25)(H,23,24). The van der Waals surface area contributed by atoms with Crippen LogP contribution in [0.5, 0.6) is 11.5 Å². The molecule has 1 aliphatic heterocycles. The van der Waals surface area contributed by atoms with Gasteiger partial charge in [-0.3, -0.25) is 9.59 Å². The third-order valence-corrected chi connectivity index (χ3v) is 4.73. The van der Waals surface area contributed by atoms with Gasteiger partial charge in [-0.1, -0.05) is 18.2 Å². The predicted molar refractivity (Wildman–Crippen MR) is 103 cm³/mol. The number of anilines is 1. The SMILES string of the molecule is COc1ccc2c(c1)C(C(=O)NCCCc1ccccc1OC)CC(=O)N2. The Morgan fingerprint density at radius 3 is 2.78 bits per heavy atom. The zero-order valence-corrected chi connectivity index (χ0v) is 15.6. The van der Waals surface area contributed by atoms with E-state index in [1.54, 1.807) is 26.4 Å². The average Bonchev–Trinajstić information content (AvgIpc) is 2.70. The van der Waals surface area contributed by atoms with Gasteiger partial charge >= 0.3 is 0 Å². The molecule has 0 aliphatic carbocycles. The second-order valence-corrected chi connectivity index (χ2v) is 6.46. The highest BCUT2D eigenvalue weighted by molar-refractivity contribution is 6.01. The summed E-state index contributed by atoms with van der Waals surface area (Å²) >= 11 is 0. The van der Waals surface area contributed by atoms with Crippen LogP contribution in [0.15, 0.2) is 42.5 Å². The number of nitrogens with one attached hydrogen (secondary N) is 2. The monoisotopic (exact) mass is 368 g/mol. The van der Waals surface area contributed by atoms with E-state index in [0.717, 1.165) is 29.7 Å². The van der Waals surface area contributed by atoms with Crippen molar-refractivity contribution in [1.29, 1.82) is 0 Å². The Morgan fingerprint density at radius 1 is 1.19 bits per heavy atom. The van der Waals surface area contributed by atoms with E-state index in [4.69, 9.17) is 9.47 Å². The first-order valence-corrected chi connectivity index (χ1v) is 8.99. The van der Waals surface area contributed by atoms with E-state index in [1.807, 2.05) is 30.3 Å². The molecular formula is C21H24N2O4. The fraction of sp³-hybridized carbons (Fsp3) is 0.333. The molecule has 0 saturated carbocycles. The van der Waals surface area contributed by atoms with E-state index in [-0.39, 0.29) is 18.2 Å². The van der Waals surface area contributed by atoms with E-state index in [2.05, 4.69) is 10.6 Å². The lowest BCUT2D eigenvalue weighted by molar-refractivity contribution is -0.126. The molecule has 3 rings (SSSR count). The largest absolute Gasteiger partial charge is 0.497 e. The Hall–Kier alpha value is -3.02. The van der Waals surface area contributed by atoms with Crippen molar-refractivity contribution in [2.24, 2.45) is 0 Å². The first-order chi connectivity index (χ1) is 13.1. The predicted octanol–water partition coefficient (Wildman–Crippen LogP) is 2.88. The normalized spacial score (nSPS) is 15.5. The summed E-state index contributed by atoms with van der Waals surface area (Å²) in [7, 11) is 3.23. The third kappa shape index (κ3) is 4.39. The maximum absolute atomic E-state index is 12.7. The number of methoxy groups -OCH3 is 2. The molecule has 6 heteroatoms. The van der Waals surface area contributed by atoms with Crippen LogP contribution in [0.2, 0.25) is 0 Å². The molecule has 2 amide bonds. The molecule has 1 heterocycles. The molecule has 2 aromatic rings. The Labute approximate surface area is 158 Å². The average molecular weight is 368 g/mol. The van der Waals surface area contributed by atoms with Gasteiger partial charge in [-0.05, 0) is 48.2 Å². The summed E-state index contributed by atoms with van der Waals surface area (Å²) in [6.07, 6.45) is 1.73. The summed E-state index contributed by atoms with van der Waals surface area (Å²) in [6, 6.07) is 13.2. The molecule has 0 spiro atoms. The van der Waals surface area contributed by atoms with Crippen molar-refractivity contribution in [3.63, 3.8) is 0 Å². The zero-order chi connectivity index (χ0) is 19.2. The highest BCUT2D eigenvalue weighted by Crippen LogP contribution is 2.35. The van der Waals surface area contributed by atoms with Gasteiger partial charge in [-0.15, -0.1) is 0 Å². The number of fused-ring (bicyclic) bond motifs is 1. The van der Waals surface area contributed by atoms with Gasteiger partial charge in [0.1, 0.15) is 11.5 Å².